The number of carbonyl (C=O) groups is 1. The number of anilines is 2. The van der Waals surface area contributed by atoms with E-state index in [1.54, 1.807) is 6.08 Å². The van der Waals surface area contributed by atoms with E-state index in [1.165, 1.54) is 77.7 Å². The smallest absolute Gasteiger partial charge is 0.275 e. The molecule has 5 N–H and O–H groups in total. The van der Waals surface area contributed by atoms with E-state index in [4.69, 9.17) is 10.3 Å². The summed E-state index contributed by atoms with van der Waals surface area (Å²) in [4.78, 5) is 25.1. The Hall–Kier alpha value is -4.11. The fourth-order valence-corrected chi connectivity index (χ4v) is 4.68. The molecule has 0 saturated heterocycles. The molecule has 0 aromatic heterocycles. The third kappa shape index (κ3) is 5.11. The minimum Gasteiger partial charge on any atom is -0.351 e. The molecule has 1 atom stereocenters. The van der Waals surface area contributed by atoms with Gasteiger partial charge in [-0.1, -0.05) is 0 Å². The Morgan fingerprint density at radius 1 is 0.806 bits per heavy atom. The van der Waals surface area contributed by atoms with Crippen molar-refractivity contribution in [3.8, 4) is 0 Å². The van der Waals surface area contributed by atoms with E-state index in [0.717, 1.165) is 0 Å². The molecule has 1 amide bonds. The Morgan fingerprint density at radius 2 is 1.31 bits per heavy atom. The lowest BCUT2D eigenvalue weighted by Crippen LogP contribution is -2.30. The van der Waals surface area contributed by atoms with Gasteiger partial charge in [-0.2, -0.15) is 0 Å². The van der Waals surface area contributed by atoms with Crippen LogP contribution in [-0.2, 0) is 24.8 Å². The second-order valence-electron chi connectivity index (χ2n) is 7.78. The number of amides is 1. The van der Waals surface area contributed by atoms with Crippen molar-refractivity contribution >= 4 is 43.0 Å². The first-order valence-corrected chi connectivity index (χ1v) is 13.3. The van der Waals surface area contributed by atoms with Crippen LogP contribution >= 0.6 is 0 Å². The number of primary sulfonamides is 2. The number of carbonyl (C=O) groups excluding carboxylic acids is 1. The third-order valence-corrected chi connectivity index (χ3v) is 7.26. The summed E-state index contributed by atoms with van der Waals surface area (Å²) in [6.07, 6.45) is 1.60. The molecule has 0 unspecified atom stereocenters. The highest BCUT2D eigenvalue weighted by atomic mass is 32.2. The third-order valence-electron chi connectivity index (χ3n) is 5.40. The second-order valence-corrected chi connectivity index (χ2v) is 10.9. The van der Waals surface area contributed by atoms with Gasteiger partial charge in [-0.05, 0) is 72.3 Å². The van der Waals surface area contributed by atoms with Crippen molar-refractivity contribution in [3.63, 3.8) is 0 Å². The van der Waals surface area contributed by atoms with Crippen LogP contribution in [0, 0.1) is 10.1 Å². The number of hydrogen-bond acceptors (Lipinski definition) is 8. The van der Waals surface area contributed by atoms with Gasteiger partial charge in [0.15, 0.2) is 0 Å². The van der Waals surface area contributed by atoms with E-state index < -0.39 is 36.9 Å². The highest BCUT2D eigenvalue weighted by molar-refractivity contribution is 7.89. The molecule has 0 aliphatic carbocycles. The van der Waals surface area contributed by atoms with Crippen molar-refractivity contribution in [2.75, 3.05) is 10.2 Å². The molecule has 0 spiro atoms. The van der Waals surface area contributed by atoms with Crippen LogP contribution in [0.25, 0.3) is 0 Å². The number of nitro groups is 1. The van der Waals surface area contributed by atoms with E-state index in [0.29, 0.717) is 16.9 Å². The van der Waals surface area contributed by atoms with Crippen LogP contribution < -0.4 is 20.5 Å². The molecule has 0 radical (unpaired) electrons. The van der Waals surface area contributed by atoms with Crippen molar-refractivity contribution in [3.05, 3.63) is 100 Å². The average molecular weight is 530 g/mol. The fraction of sp³-hybridized carbons (Fsp3) is 0.0455. The van der Waals surface area contributed by atoms with Gasteiger partial charge in [-0.3, -0.25) is 19.8 Å². The largest absolute Gasteiger partial charge is 0.351 e. The Morgan fingerprint density at radius 3 is 1.78 bits per heavy atom. The highest BCUT2D eigenvalue weighted by Crippen LogP contribution is 2.37. The van der Waals surface area contributed by atoms with Crippen LogP contribution in [0.3, 0.4) is 0 Å². The quantitative estimate of drug-likeness (QED) is 0.305. The number of benzene rings is 3. The molecule has 0 fully saturated rings. The van der Waals surface area contributed by atoms with E-state index in [1.807, 2.05) is 0 Å². The molecule has 36 heavy (non-hydrogen) atoms. The van der Waals surface area contributed by atoms with Gasteiger partial charge in [0.05, 0.1) is 20.8 Å². The number of rotatable bonds is 7. The summed E-state index contributed by atoms with van der Waals surface area (Å²) in [7, 11) is -7.83. The van der Waals surface area contributed by atoms with E-state index in [-0.39, 0.29) is 21.2 Å². The van der Waals surface area contributed by atoms with E-state index in [9.17, 15) is 31.7 Å². The lowest BCUT2D eigenvalue weighted by atomic mass is 10.1. The summed E-state index contributed by atoms with van der Waals surface area (Å²) in [6, 6.07) is 15.8. The van der Waals surface area contributed by atoms with Crippen LogP contribution in [0.2, 0.25) is 0 Å². The average Bonchev–Trinajstić information content (AvgIpc) is 3.14. The predicted molar refractivity (Wildman–Crippen MR) is 131 cm³/mol. The van der Waals surface area contributed by atoms with Crippen LogP contribution in [0.5, 0.6) is 0 Å². The number of non-ortho nitro benzene ring substituents is 1. The van der Waals surface area contributed by atoms with Gasteiger partial charge in [0.2, 0.25) is 20.0 Å². The van der Waals surface area contributed by atoms with E-state index >= 15 is 0 Å². The second kappa shape index (κ2) is 9.16. The zero-order chi connectivity index (χ0) is 26.3. The molecule has 186 valence electrons. The zero-order valence-corrected chi connectivity index (χ0v) is 19.9. The van der Waals surface area contributed by atoms with Gasteiger partial charge < -0.3 is 5.32 Å². The predicted octanol–water partition coefficient (Wildman–Crippen LogP) is 1.97. The van der Waals surface area contributed by atoms with Gasteiger partial charge >= 0.3 is 0 Å². The van der Waals surface area contributed by atoms with Crippen molar-refractivity contribution in [2.24, 2.45) is 10.3 Å². The molecule has 3 aromatic rings. The maximum Gasteiger partial charge on any atom is 0.275 e. The molecule has 0 saturated carbocycles. The first kappa shape index (κ1) is 25.0. The Kier molecular flexibility index (Phi) is 6.36. The molecular weight excluding hydrogens is 510 g/mol. The number of hydrogen-bond donors (Lipinski definition) is 3. The Labute approximate surface area is 206 Å². The van der Waals surface area contributed by atoms with Gasteiger partial charge in [-0.25, -0.2) is 27.1 Å². The van der Waals surface area contributed by atoms with Crippen LogP contribution in [0.15, 0.2) is 94.4 Å². The summed E-state index contributed by atoms with van der Waals surface area (Å²) in [6.45, 7) is 0. The van der Waals surface area contributed by atoms with Crippen molar-refractivity contribution in [1.29, 1.82) is 0 Å². The number of nitrogens with two attached hydrogens (primary N) is 2. The Balaban J connectivity index is 1.71. The molecule has 14 heteroatoms. The lowest BCUT2D eigenvalue weighted by Gasteiger charge is -2.25. The molecular formula is C22H19N5O7S2. The van der Waals surface area contributed by atoms with Gasteiger partial charge in [-0.15, -0.1) is 0 Å². The van der Waals surface area contributed by atoms with Gasteiger partial charge in [0.25, 0.3) is 11.6 Å². The summed E-state index contributed by atoms with van der Waals surface area (Å²) in [5.74, 6) is -0.475. The summed E-state index contributed by atoms with van der Waals surface area (Å²) >= 11 is 0. The van der Waals surface area contributed by atoms with Crippen LogP contribution in [-0.4, -0.2) is 27.7 Å². The molecule has 0 bridgehead atoms. The molecule has 4 rings (SSSR count). The number of nitro benzene ring substituents is 1. The monoisotopic (exact) mass is 529 g/mol. The van der Waals surface area contributed by atoms with Crippen molar-refractivity contribution in [1.82, 2.24) is 0 Å². The topological polar surface area (TPSA) is 196 Å². The molecule has 1 heterocycles. The lowest BCUT2D eigenvalue weighted by molar-refractivity contribution is -0.384. The maximum absolute atomic E-state index is 13.4. The van der Waals surface area contributed by atoms with Gasteiger partial charge in [0, 0.05) is 23.5 Å². The highest BCUT2D eigenvalue weighted by Gasteiger charge is 2.35. The van der Waals surface area contributed by atoms with E-state index in [2.05, 4.69) is 5.32 Å². The number of nitrogens with one attached hydrogen (secondary N) is 1. The first-order valence-electron chi connectivity index (χ1n) is 10.2. The molecule has 1 aliphatic rings. The molecule has 1 aliphatic heterocycles. The minimum absolute atomic E-state index is 0.0971. The first-order chi connectivity index (χ1) is 16.8. The summed E-state index contributed by atoms with van der Waals surface area (Å²) < 4.78 is 46.2. The normalized spacial score (nSPS) is 16.1. The van der Waals surface area contributed by atoms with Gasteiger partial charge in [0.1, 0.15) is 5.70 Å². The van der Waals surface area contributed by atoms with Crippen molar-refractivity contribution in [2.45, 2.75) is 15.8 Å². The SMILES string of the molecule is NS(=O)(=O)c1ccc(NC2=C[C@H](c3ccc([N+](=O)[O-])cc3)N(c3ccc(S(N)(=O)=O)cc3)C2=O)cc1. The minimum atomic E-state index is -3.95. The van der Waals surface area contributed by atoms with Crippen LogP contribution in [0.1, 0.15) is 11.6 Å². The fourth-order valence-electron chi connectivity index (χ4n) is 3.65. The Bertz CT molecular complexity index is 1580. The summed E-state index contributed by atoms with van der Waals surface area (Å²) in [5, 5.41) is 24.3. The number of sulfonamides is 2. The standard InChI is InChI=1S/C22H19N5O7S2/c23-35(31,32)18-9-3-15(4-10-18)25-20-13-21(14-1-5-17(6-2-14)27(29)30)26(22(20)28)16-7-11-19(12-8-16)36(24,33)34/h1-13,21,25H,(H2,23,31,32)(H2,24,33,34)/t21-/m1/s1. The number of nitrogens with zero attached hydrogens (tertiary/aromatic N) is 2. The summed E-state index contributed by atoms with van der Waals surface area (Å²) in [5.41, 5.74) is 1.36. The zero-order valence-electron chi connectivity index (χ0n) is 18.3. The van der Waals surface area contributed by atoms with Crippen LogP contribution in [0.4, 0.5) is 17.1 Å². The maximum atomic E-state index is 13.4. The van der Waals surface area contributed by atoms with Crippen molar-refractivity contribution < 1.29 is 26.6 Å². The molecule has 12 nitrogen and oxygen atoms in total. The molecule has 3 aromatic carbocycles.